The summed E-state index contributed by atoms with van der Waals surface area (Å²) in [7, 11) is 0. The van der Waals surface area contributed by atoms with Crippen molar-refractivity contribution in [2.45, 2.75) is 53.4 Å². The van der Waals surface area contributed by atoms with Crippen molar-refractivity contribution < 1.29 is 47.6 Å². The van der Waals surface area contributed by atoms with Gasteiger partial charge in [-0.2, -0.15) is 0 Å². The van der Waals surface area contributed by atoms with Crippen molar-refractivity contribution in [1.82, 2.24) is 0 Å². The van der Waals surface area contributed by atoms with E-state index in [0.29, 0.717) is 61.9 Å². The summed E-state index contributed by atoms with van der Waals surface area (Å²) in [6, 6.07) is 0. The third kappa shape index (κ3) is 24.5. The molecule has 0 N–H and O–H groups in total. The van der Waals surface area contributed by atoms with Crippen LogP contribution >= 0.6 is 0 Å². The van der Waals surface area contributed by atoms with Crippen LogP contribution in [0.2, 0.25) is 0 Å². The Bertz CT molecular complexity index is 731. The Morgan fingerprint density at radius 3 is 0.895 bits per heavy atom. The van der Waals surface area contributed by atoms with Gasteiger partial charge in [0.05, 0.1) is 39.6 Å². The summed E-state index contributed by atoms with van der Waals surface area (Å²) >= 11 is 0. The summed E-state index contributed by atoms with van der Waals surface area (Å²) in [4.78, 5) is 44.1. The number of hydrogen-bond donors (Lipinski definition) is 0. The molecule has 0 spiro atoms. The highest BCUT2D eigenvalue weighted by Gasteiger charge is 2.04. The van der Waals surface area contributed by atoms with Gasteiger partial charge in [-0.15, -0.1) is 0 Å². The lowest BCUT2D eigenvalue weighted by Gasteiger charge is -2.07. The Morgan fingerprint density at radius 1 is 0.395 bits per heavy atom. The standard InChI is InChI=1S/C14H22O6.C14H22O4/c1-11(2)13(15)19-9-7-17-5-6-18-8-10-20-14(16)12(3)4;1-11(2)13(15)17-9-7-5-6-8-10-18-14(16)12(3)4/h1,3,5-10H2,2,4H3;1,3,5-10H2,2,4H3. The van der Waals surface area contributed by atoms with Crippen LogP contribution in [0.3, 0.4) is 0 Å². The molecular weight excluding hydrogens is 496 g/mol. The van der Waals surface area contributed by atoms with Crippen LogP contribution in [-0.4, -0.2) is 76.7 Å². The Hall–Kier alpha value is -3.24. The van der Waals surface area contributed by atoms with E-state index in [1.54, 1.807) is 27.7 Å². The monoisotopic (exact) mass is 540 g/mol. The van der Waals surface area contributed by atoms with Crippen LogP contribution in [0.15, 0.2) is 48.6 Å². The van der Waals surface area contributed by atoms with E-state index < -0.39 is 11.9 Å². The quantitative estimate of drug-likeness (QED) is 0.0967. The van der Waals surface area contributed by atoms with E-state index in [1.807, 2.05) is 0 Å². The van der Waals surface area contributed by atoms with Gasteiger partial charge in [0.1, 0.15) is 13.2 Å². The fourth-order valence-corrected chi connectivity index (χ4v) is 2.09. The van der Waals surface area contributed by atoms with Crippen molar-refractivity contribution in [3.8, 4) is 0 Å². The molecule has 0 radical (unpaired) electrons. The van der Waals surface area contributed by atoms with E-state index in [2.05, 4.69) is 26.3 Å². The lowest BCUT2D eigenvalue weighted by atomic mass is 10.2. The topological polar surface area (TPSA) is 124 Å². The van der Waals surface area contributed by atoms with E-state index in [-0.39, 0.29) is 25.2 Å². The van der Waals surface area contributed by atoms with Crippen molar-refractivity contribution in [2.24, 2.45) is 0 Å². The molecule has 0 bridgehead atoms. The van der Waals surface area contributed by atoms with E-state index in [1.165, 1.54) is 0 Å². The van der Waals surface area contributed by atoms with Crippen LogP contribution in [0, 0.1) is 0 Å². The van der Waals surface area contributed by atoms with Gasteiger partial charge >= 0.3 is 23.9 Å². The average Bonchev–Trinajstić information content (AvgIpc) is 2.86. The summed E-state index contributed by atoms with van der Waals surface area (Å²) in [5, 5.41) is 0. The molecule has 10 nitrogen and oxygen atoms in total. The highest BCUT2D eigenvalue weighted by atomic mass is 16.6. The second kappa shape index (κ2) is 24.1. The van der Waals surface area contributed by atoms with Gasteiger partial charge in [-0.25, -0.2) is 19.2 Å². The largest absolute Gasteiger partial charge is 0.462 e. The molecule has 0 aromatic rings. The molecular formula is C28H44O10. The van der Waals surface area contributed by atoms with Crippen molar-refractivity contribution in [1.29, 1.82) is 0 Å². The molecule has 0 aliphatic rings. The average molecular weight is 541 g/mol. The van der Waals surface area contributed by atoms with Crippen molar-refractivity contribution >= 4 is 23.9 Å². The van der Waals surface area contributed by atoms with Gasteiger partial charge in [0.15, 0.2) is 0 Å². The summed E-state index contributed by atoms with van der Waals surface area (Å²) in [5.41, 5.74) is 1.55. The fourth-order valence-electron chi connectivity index (χ4n) is 2.09. The lowest BCUT2D eigenvalue weighted by molar-refractivity contribution is -0.142. The van der Waals surface area contributed by atoms with Gasteiger partial charge in [0.2, 0.25) is 0 Å². The molecule has 0 amide bonds. The molecule has 0 aliphatic heterocycles. The molecule has 0 fully saturated rings. The van der Waals surface area contributed by atoms with E-state index in [9.17, 15) is 19.2 Å². The molecule has 38 heavy (non-hydrogen) atoms. The van der Waals surface area contributed by atoms with Gasteiger partial charge in [0, 0.05) is 22.3 Å². The molecule has 0 saturated carbocycles. The maximum atomic E-state index is 11.0. The summed E-state index contributed by atoms with van der Waals surface area (Å²) in [6.45, 7) is 22.9. The number of carbonyl (C=O) groups is 4. The summed E-state index contributed by atoms with van der Waals surface area (Å²) in [5.74, 6) is -1.54. The first-order valence-electron chi connectivity index (χ1n) is 12.4. The van der Waals surface area contributed by atoms with Crippen LogP contribution in [0.25, 0.3) is 0 Å². The molecule has 0 unspecified atom stereocenters. The fraction of sp³-hybridized carbons (Fsp3) is 0.571. The Morgan fingerprint density at radius 2 is 0.632 bits per heavy atom. The molecule has 0 aliphatic carbocycles. The maximum Gasteiger partial charge on any atom is 0.333 e. The molecule has 0 rings (SSSR count). The second-order valence-electron chi connectivity index (χ2n) is 8.30. The molecule has 10 heteroatoms. The van der Waals surface area contributed by atoms with Gasteiger partial charge in [0.25, 0.3) is 0 Å². The van der Waals surface area contributed by atoms with Gasteiger partial charge < -0.3 is 28.4 Å². The Kier molecular flexibility index (Phi) is 23.4. The SMILES string of the molecule is C=C(C)C(=O)OCCCCCCOC(=O)C(=C)C.C=C(C)C(=O)OCCOCCOCCOC(=O)C(=C)C. The molecule has 216 valence electrons. The molecule has 0 heterocycles. The first kappa shape index (κ1) is 36.9. The third-order valence-electron chi connectivity index (χ3n) is 4.19. The molecule has 0 atom stereocenters. The third-order valence-corrected chi connectivity index (χ3v) is 4.19. The second-order valence-corrected chi connectivity index (χ2v) is 8.30. The van der Waals surface area contributed by atoms with Crippen molar-refractivity contribution in [2.75, 3.05) is 52.9 Å². The van der Waals surface area contributed by atoms with Crippen LogP contribution in [-0.2, 0) is 47.6 Å². The predicted molar refractivity (Wildman–Crippen MR) is 143 cm³/mol. The zero-order valence-corrected chi connectivity index (χ0v) is 23.4. The van der Waals surface area contributed by atoms with E-state index in [4.69, 9.17) is 28.4 Å². The predicted octanol–water partition coefficient (Wildman–Crippen LogP) is 4.04. The number of unbranched alkanes of at least 4 members (excludes halogenated alkanes) is 3. The number of carbonyl (C=O) groups excluding carboxylic acids is 4. The highest BCUT2D eigenvalue weighted by Crippen LogP contribution is 2.03. The van der Waals surface area contributed by atoms with Crippen molar-refractivity contribution in [3.63, 3.8) is 0 Å². The Labute approximate surface area is 226 Å². The number of esters is 4. The first-order chi connectivity index (χ1) is 17.9. The number of ether oxygens (including phenoxy) is 6. The minimum atomic E-state index is -0.427. The zero-order valence-electron chi connectivity index (χ0n) is 23.4. The zero-order chi connectivity index (χ0) is 29.3. The lowest BCUT2D eigenvalue weighted by Crippen LogP contribution is -2.15. The van der Waals surface area contributed by atoms with Gasteiger partial charge in [-0.3, -0.25) is 0 Å². The van der Waals surface area contributed by atoms with E-state index >= 15 is 0 Å². The first-order valence-corrected chi connectivity index (χ1v) is 12.4. The normalized spacial score (nSPS) is 9.79. The van der Waals surface area contributed by atoms with Crippen LogP contribution in [0.1, 0.15) is 53.4 Å². The number of rotatable bonds is 20. The molecule has 0 saturated heterocycles. The number of hydrogen-bond acceptors (Lipinski definition) is 10. The van der Waals surface area contributed by atoms with Crippen LogP contribution in [0.4, 0.5) is 0 Å². The molecule has 0 aromatic heterocycles. The van der Waals surface area contributed by atoms with Crippen LogP contribution < -0.4 is 0 Å². The van der Waals surface area contributed by atoms with Gasteiger partial charge in [-0.1, -0.05) is 26.3 Å². The molecule has 0 aromatic carbocycles. The maximum absolute atomic E-state index is 11.0. The summed E-state index contributed by atoms with van der Waals surface area (Å²) in [6.07, 6.45) is 3.50. The van der Waals surface area contributed by atoms with Crippen LogP contribution in [0.5, 0.6) is 0 Å². The van der Waals surface area contributed by atoms with Crippen molar-refractivity contribution in [3.05, 3.63) is 48.6 Å². The minimum Gasteiger partial charge on any atom is -0.462 e. The minimum absolute atomic E-state index is 0.182. The summed E-state index contributed by atoms with van der Waals surface area (Å²) < 4.78 is 29.9. The highest BCUT2D eigenvalue weighted by molar-refractivity contribution is 5.88. The Balaban J connectivity index is 0. The van der Waals surface area contributed by atoms with Gasteiger partial charge in [-0.05, 0) is 53.4 Å². The van der Waals surface area contributed by atoms with E-state index in [0.717, 1.165) is 25.7 Å². The smallest absolute Gasteiger partial charge is 0.333 e.